The Labute approximate surface area is 153 Å². The highest BCUT2D eigenvalue weighted by Gasteiger charge is 2.13. The number of thiazole rings is 1. The third kappa shape index (κ3) is 4.12. The van der Waals surface area contributed by atoms with E-state index in [0.29, 0.717) is 21.8 Å². The number of carbonyl (C=O) groups excluding carboxylic acids is 1. The molecular weight excluding hydrogens is 360 g/mol. The molecule has 1 aromatic carbocycles. The Balaban J connectivity index is 1.73. The summed E-state index contributed by atoms with van der Waals surface area (Å²) in [5.74, 6) is 1.47. The van der Waals surface area contributed by atoms with Gasteiger partial charge in [-0.2, -0.15) is 0 Å². The molecule has 2 aromatic heterocycles. The van der Waals surface area contributed by atoms with Gasteiger partial charge in [-0.3, -0.25) is 9.36 Å². The van der Waals surface area contributed by atoms with E-state index < -0.39 is 0 Å². The van der Waals surface area contributed by atoms with E-state index in [9.17, 15) is 4.79 Å². The van der Waals surface area contributed by atoms with E-state index in [1.807, 2.05) is 28.3 Å². The lowest BCUT2D eigenvalue weighted by Gasteiger charge is -2.13. The number of nitrogens with one attached hydrogen (secondary N) is 1. The molecule has 0 aliphatic carbocycles. The third-order valence-corrected chi connectivity index (χ3v) is 4.92. The maximum absolute atomic E-state index is 12.0. The summed E-state index contributed by atoms with van der Waals surface area (Å²) in [4.78, 5) is 20.4. The molecule has 25 heavy (non-hydrogen) atoms. The molecular formula is C16H16N4O3S2. The Morgan fingerprint density at radius 2 is 2.16 bits per heavy atom. The molecule has 130 valence electrons. The Kier molecular flexibility index (Phi) is 5.56. The average Bonchev–Trinajstić information content (AvgIpc) is 3.31. The predicted molar refractivity (Wildman–Crippen MR) is 98.1 cm³/mol. The van der Waals surface area contributed by atoms with E-state index in [2.05, 4.69) is 15.3 Å². The number of nitrogens with zero attached hydrogens (tertiary/aromatic N) is 3. The van der Waals surface area contributed by atoms with E-state index in [1.54, 1.807) is 32.7 Å². The second kappa shape index (κ2) is 8.04. The zero-order valence-corrected chi connectivity index (χ0v) is 15.3. The van der Waals surface area contributed by atoms with Crippen molar-refractivity contribution in [1.29, 1.82) is 0 Å². The molecule has 0 aliphatic heterocycles. The van der Waals surface area contributed by atoms with Crippen LogP contribution in [0.3, 0.4) is 0 Å². The minimum Gasteiger partial charge on any atom is -0.497 e. The zero-order valence-electron chi connectivity index (χ0n) is 13.6. The number of hydrogen-bond donors (Lipinski definition) is 1. The Bertz CT molecular complexity index is 849. The van der Waals surface area contributed by atoms with Crippen LogP contribution in [0, 0.1) is 0 Å². The standard InChI is InChI=1S/C16H16N4O3S2/c1-22-11-3-4-12(13(9-11)23-2)20-7-5-18-16(20)25-10-14(21)19-15-17-6-8-24-15/h3-9H,10H2,1-2H3,(H,17,19,21). The number of ether oxygens (including phenoxy) is 2. The van der Waals surface area contributed by atoms with Crippen LogP contribution in [-0.4, -0.2) is 40.4 Å². The van der Waals surface area contributed by atoms with Crippen LogP contribution >= 0.6 is 23.1 Å². The molecule has 0 atom stereocenters. The first kappa shape index (κ1) is 17.3. The number of benzene rings is 1. The fourth-order valence-electron chi connectivity index (χ4n) is 2.13. The highest BCUT2D eigenvalue weighted by atomic mass is 32.2. The van der Waals surface area contributed by atoms with Crippen LogP contribution in [0.4, 0.5) is 5.13 Å². The first-order valence-electron chi connectivity index (χ1n) is 7.29. The van der Waals surface area contributed by atoms with Gasteiger partial charge in [0.05, 0.1) is 25.7 Å². The Morgan fingerprint density at radius 1 is 1.28 bits per heavy atom. The van der Waals surface area contributed by atoms with Crippen molar-refractivity contribution in [2.45, 2.75) is 5.16 Å². The van der Waals surface area contributed by atoms with Gasteiger partial charge in [0.2, 0.25) is 5.91 Å². The number of amides is 1. The molecule has 0 spiro atoms. The van der Waals surface area contributed by atoms with E-state index in [1.165, 1.54) is 23.1 Å². The molecule has 3 rings (SSSR count). The first-order chi connectivity index (χ1) is 12.2. The molecule has 3 aromatic rings. The Morgan fingerprint density at radius 3 is 2.88 bits per heavy atom. The average molecular weight is 376 g/mol. The molecule has 0 fully saturated rings. The smallest absolute Gasteiger partial charge is 0.236 e. The minimum atomic E-state index is -0.129. The lowest BCUT2D eigenvalue weighted by Crippen LogP contribution is -2.14. The van der Waals surface area contributed by atoms with Gasteiger partial charge in [-0.25, -0.2) is 9.97 Å². The molecule has 7 nitrogen and oxygen atoms in total. The highest BCUT2D eigenvalue weighted by Crippen LogP contribution is 2.30. The van der Waals surface area contributed by atoms with Gasteiger partial charge in [0.25, 0.3) is 0 Å². The number of rotatable bonds is 7. The van der Waals surface area contributed by atoms with Crippen LogP contribution in [0.1, 0.15) is 0 Å². The number of anilines is 1. The second-order valence-corrected chi connectivity index (χ2v) is 6.63. The fraction of sp³-hybridized carbons (Fsp3) is 0.188. The molecule has 0 unspecified atom stereocenters. The number of thioether (sulfide) groups is 1. The number of carbonyl (C=O) groups is 1. The molecule has 1 N–H and O–H groups in total. The van der Waals surface area contributed by atoms with Gasteiger partial charge in [0.1, 0.15) is 11.5 Å². The van der Waals surface area contributed by atoms with Crippen LogP contribution in [-0.2, 0) is 4.79 Å². The number of imidazole rings is 1. The van der Waals surface area contributed by atoms with Crippen molar-refractivity contribution in [3.63, 3.8) is 0 Å². The summed E-state index contributed by atoms with van der Waals surface area (Å²) in [6.07, 6.45) is 5.16. The van der Waals surface area contributed by atoms with Gasteiger partial charge in [0.15, 0.2) is 10.3 Å². The maximum Gasteiger partial charge on any atom is 0.236 e. The van der Waals surface area contributed by atoms with Crippen molar-refractivity contribution < 1.29 is 14.3 Å². The van der Waals surface area contributed by atoms with E-state index in [-0.39, 0.29) is 11.7 Å². The predicted octanol–water partition coefficient (Wildman–Crippen LogP) is 3.08. The van der Waals surface area contributed by atoms with Crippen LogP contribution < -0.4 is 14.8 Å². The molecule has 1 amide bonds. The van der Waals surface area contributed by atoms with Gasteiger partial charge in [0, 0.05) is 30.0 Å². The van der Waals surface area contributed by atoms with E-state index in [4.69, 9.17) is 9.47 Å². The van der Waals surface area contributed by atoms with Gasteiger partial charge in [-0.1, -0.05) is 11.8 Å². The van der Waals surface area contributed by atoms with Crippen molar-refractivity contribution >= 4 is 34.1 Å². The SMILES string of the molecule is COc1ccc(-n2ccnc2SCC(=O)Nc2nccs2)c(OC)c1. The largest absolute Gasteiger partial charge is 0.497 e. The zero-order chi connectivity index (χ0) is 17.6. The third-order valence-electron chi connectivity index (χ3n) is 3.26. The topological polar surface area (TPSA) is 78.3 Å². The summed E-state index contributed by atoms with van der Waals surface area (Å²) in [5, 5.41) is 5.84. The monoisotopic (exact) mass is 376 g/mol. The maximum atomic E-state index is 12.0. The lowest BCUT2D eigenvalue weighted by atomic mass is 10.2. The van der Waals surface area contributed by atoms with E-state index in [0.717, 1.165) is 5.69 Å². The summed E-state index contributed by atoms with van der Waals surface area (Å²) in [6, 6.07) is 5.54. The van der Waals surface area contributed by atoms with Gasteiger partial charge in [-0.15, -0.1) is 11.3 Å². The van der Waals surface area contributed by atoms with E-state index >= 15 is 0 Å². The molecule has 9 heteroatoms. The molecule has 0 saturated carbocycles. The number of hydrogen-bond acceptors (Lipinski definition) is 7. The summed E-state index contributed by atoms with van der Waals surface area (Å²) in [7, 11) is 3.21. The second-order valence-electron chi connectivity index (χ2n) is 4.79. The van der Waals surface area contributed by atoms with Crippen molar-refractivity contribution in [1.82, 2.24) is 14.5 Å². The van der Waals surface area contributed by atoms with Crippen molar-refractivity contribution in [3.05, 3.63) is 42.2 Å². The number of methoxy groups -OCH3 is 2. The quantitative estimate of drug-likeness (QED) is 0.639. The van der Waals surface area contributed by atoms with Gasteiger partial charge < -0.3 is 14.8 Å². The normalized spacial score (nSPS) is 10.5. The minimum absolute atomic E-state index is 0.129. The summed E-state index contributed by atoms with van der Waals surface area (Å²) in [5.41, 5.74) is 0.823. The van der Waals surface area contributed by atoms with Crippen molar-refractivity contribution in [2.75, 3.05) is 25.3 Å². The van der Waals surface area contributed by atoms with Crippen molar-refractivity contribution in [3.8, 4) is 17.2 Å². The molecule has 0 radical (unpaired) electrons. The molecule has 0 aliphatic rings. The highest BCUT2D eigenvalue weighted by molar-refractivity contribution is 7.99. The number of aromatic nitrogens is 3. The molecule has 0 saturated heterocycles. The van der Waals surface area contributed by atoms with Gasteiger partial charge in [-0.05, 0) is 12.1 Å². The summed E-state index contributed by atoms with van der Waals surface area (Å²) >= 11 is 2.72. The summed E-state index contributed by atoms with van der Waals surface area (Å²) in [6.45, 7) is 0. The molecule has 2 heterocycles. The first-order valence-corrected chi connectivity index (χ1v) is 9.15. The van der Waals surface area contributed by atoms with Gasteiger partial charge >= 0.3 is 0 Å². The van der Waals surface area contributed by atoms with Crippen LogP contribution in [0.5, 0.6) is 11.5 Å². The fourth-order valence-corrected chi connectivity index (χ4v) is 3.45. The van der Waals surface area contributed by atoms with Crippen LogP contribution in [0.2, 0.25) is 0 Å². The molecule has 0 bridgehead atoms. The Hall–Kier alpha value is -2.52. The van der Waals surface area contributed by atoms with Crippen molar-refractivity contribution in [2.24, 2.45) is 0 Å². The lowest BCUT2D eigenvalue weighted by molar-refractivity contribution is -0.113. The van der Waals surface area contributed by atoms with Crippen LogP contribution in [0.15, 0.2) is 47.3 Å². The van der Waals surface area contributed by atoms with Crippen LogP contribution in [0.25, 0.3) is 5.69 Å². The summed E-state index contributed by atoms with van der Waals surface area (Å²) < 4.78 is 12.5.